The van der Waals surface area contributed by atoms with E-state index in [1.165, 1.54) is 23.1 Å². The number of hydrogen-bond donors (Lipinski definition) is 0. The number of thiophene rings is 1. The van der Waals surface area contributed by atoms with E-state index in [1.54, 1.807) is 11.3 Å². The Hall–Kier alpha value is -1.68. The number of fused-ring (bicyclic) bond motifs is 1. The molecule has 0 N–H and O–H groups in total. The second kappa shape index (κ2) is 4.78. The number of carbonyl (C=O) groups excluding carboxylic acids is 1. The molecule has 19 heavy (non-hydrogen) atoms. The molecule has 1 aliphatic rings. The van der Waals surface area contributed by atoms with Crippen LogP contribution in [0.2, 0.25) is 0 Å². The van der Waals surface area contributed by atoms with Crippen molar-refractivity contribution in [3.8, 4) is 5.75 Å². The first-order valence-electron chi connectivity index (χ1n) is 6.25. The number of ketones is 1. The summed E-state index contributed by atoms with van der Waals surface area (Å²) in [7, 11) is 0. The van der Waals surface area contributed by atoms with Crippen LogP contribution < -0.4 is 4.74 Å². The normalized spacial score (nSPS) is 18.0. The molecule has 0 radical (unpaired) electrons. The third kappa shape index (κ3) is 2.28. The minimum atomic E-state index is -0.382. The summed E-state index contributed by atoms with van der Waals surface area (Å²) in [5, 5.41) is 0. The molecule has 2 aromatic rings. The molecular weight excluding hydrogens is 263 g/mol. The second-order valence-electron chi connectivity index (χ2n) is 4.53. The number of benzene rings is 1. The summed E-state index contributed by atoms with van der Waals surface area (Å²) >= 11 is 1.65. The molecule has 2 heterocycles. The predicted molar refractivity (Wildman–Crippen MR) is 72.4 cm³/mol. The van der Waals surface area contributed by atoms with Gasteiger partial charge in [-0.25, -0.2) is 4.39 Å². The van der Waals surface area contributed by atoms with Crippen molar-refractivity contribution >= 4 is 17.1 Å². The first kappa shape index (κ1) is 12.4. The minimum absolute atomic E-state index is 0.0118. The molecule has 98 valence electrons. The van der Waals surface area contributed by atoms with Gasteiger partial charge in [0.25, 0.3) is 0 Å². The van der Waals surface area contributed by atoms with E-state index in [2.05, 4.69) is 13.0 Å². The first-order chi connectivity index (χ1) is 9.17. The lowest BCUT2D eigenvalue weighted by atomic mass is 10.00. The summed E-state index contributed by atoms with van der Waals surface area (Å²) in [6.07, 6.45) is 1.01. The zero-order valence-electron chi connectivity index (χ0n) is 10.5. The van der Waals surface area contributed by atoms with Crippen LogP contribution in [0.15, 0.2) is 30.3 Å². The Labute approximate surface area is 114 Å². The van der Waals surface area contributed by atoms with Gasteiger partial charge in [-0.15, -0.1) is 11.3 Å². The van der Waals surface area contributed by atoms with Gasteiger partial charge in [-0.2, -0.15) is 0 Å². The van der Waals surface area contributed by atoms with Crippen molar-refractivity contribution in [2.75, 3.05) is 0 Å². The predicted octanol–water partition coefficient (Wildman–Crippen LogP) is 4.16. The fourth-order valence-corrected chi connectivity index (χ4v) is 3.20. The van der Waals surface area contributed by atoms with Crippen LogP contribution in [0.1, 0.15) is 39.6 Å². The van der Waals surface area contributed by atoms with Crippen molar-refractivity contribution in [3.63, 3.8) is 0 Å². The fraction of sp³-hybridized carbons (Fsp3) is 0.267. The molecule has 0 saturated carbocycles. The van der Waals surface area contributed by atoms with E-state index in [9.17, 15) is 9.18 Å². The maximum Gasteiger partial charge on any atom is 0.170 e. The maximum absolute atomic E-state index is 13.2. The van der Waals surface area contributed by atoms with E-state index in [0.29, 0.717) is 17.7 Å². The smallest absolute Gasteiger partial charge is 0.170 e. The summed E-state index contributed by atoms with van der Waals surface area (Å²) in [5.74, 6) is -0.0157. The highest BCUT2D eigenvalue weighted by molar-refractivity contribution is 7.12. The van der Waals surface area contributed by atoms with Gasteiger partial charge in [-0.1, -0.05) is 6.92 Å². The Bertz CT molecular complexity index is 633. The lowest BCUT2D eigenvalue weighted by Gasteiger charge is -2.24. The second-order valence-corrected chi connectivity index (χ2v) is 5.73. The van der Waals surface area contributed by atoms with Crippen LogP contribution in [0.4, 0.5) is 4.39 Å². The van der Waals surface area contributed by atoms with Gasteiger partial charge in [-0.05, 0) is 30.7 Å². The molecule has 0 saturated heterocycles. The topological polar surface area (TPSA) is 26.3 Å². The van der Waals surface area contributed by atoms with Crippen molar-refractivity contribution < 1.29 is 13.9 Å². The summed E-state index contributed by atoms with van der Waals surface area (Å²) < 4.78 is 19.0. The van der Waals surface area contributed by atoms with Gasteiger partial charge in [0.15, 0.2) is 5.78 Å². The van der Waals surface area contributed by atoms with Gasteiger partial charge in [0.2, 0.25) is 0 Å². The van der Waals surface area contributed by atoms with Gasteiger partial charge >= 0.3 is 0 Å². The molecule has 0 aliphatic carbocycles. The summed E-state index contributed by atoms with van der Waals surface area (Å²) in [5.41, 5.74) is 0.477. The highest BCUT2D eigenvalue weighted by Crippen LogP contribution is 2.37. The highest BCUT2D eigenvalue weighted by atomic mass is 32.1. The molecule has 0 fully saturated rings. The van der Waals surface area contributed by atoms with Gasteiger partial charge < -0.3 is 4.74 Å². The zero-order chi connectivity index (χ0) is 13.4. The first-order valence-corrected chi connectivity index (χ1v) is 7.07. The third-order valence-corrected chi connectivity index (χ3v) is 4.55. The molecule has 0 spiro atoms. The molecule has 0 amide bonds. The van der Waals surface area contributed by atoms with Crippen LogP contribution in [0.25, 0.3) is 0 Å². The van der Waals surface area contributed by atoms with E-state index in [0.717, 1.165) is 11.3 Å². The summed E-state index contributed by atoms with van der Waals surface area (Å²) in [6.45, 7) is 2.09. The molecule has 4 heteroatoms. The fourth-order valence-electron chi connectivity index (χ4n) is 2.21. The molecule has 1 atom stereocenters. The van der Waals surface area contributed by atoms with Crippen LogP contribution >= 0.6 is 11.3 Å². The van der Waals surface area contributed by atoms with Crippen LogP contribution in [0, 0.1) is 5.82 Å². The van der Waals surface area contributed by atoms with E-state index in [4.69, 9.17) is 4.74 Å². The Morgan fingerprint density at radius 1 is 1.37 bits per heavy atom. The van der Waals surface area contributed by atoms with Crippen molar-refractivity contribution in [3.05, 3.63) is 51.5 Å². The maximum atomic E-state index is 13.2. The number of halogens is 1. The minimum Gasteiger partial charge on any atom is -0.484 e. The number of hydrogen-bond acceptors (Lipinski definition) is 3. The third-order valence-electron chi connectivity index (χ3n) is 3.23. The Morgan fingerprint density at radius 3 is 2.95 bits per heavy atom. The molecule has 1 unspecified atom stereocenters. The number of rotatable bonds is 2. The average Bonchev–Trinajstić information content (AvgIpc) is 2.86. The molecule has 2 nitrogen and oxygen atoms in total. The molecular formula is C15H13FO2S. The molecule has 1 aromatic heterocycles. The lowest BCUT2D eigenvalue weighted by molar-refractivity contribution is 0.0853. The molecule has 1 aliphatic heterocycles. The highest BCUT2D eigenvalue weighted by Gasteiger charge is 2.28. The Kier molecular flexibility index (Phi) is 3.11. The van der Waals surface area contributed by atoms with Gasteiger partial charge in [-0.3, -0.25) is 4.79 Å². The monoisotopic (exact) mass is 276 g/mol. The van der Waals surface area contributed by atoms with Crippen LogP contribution in [-0.2, 0) is 6.42 Å². The van der Waals surface area contributed by atoms with Gasteiger partial charge in [0, 0.05) is 15.8 Å². The largest absolute Gasteiger partial charge is 0.484 e. The van der Waals surface area contributed by atoms with Crippen molar-refractivity contribution in [2.45, 2.75) is 25.9 Å². The molecule has 0 bridgehead atoms. The van der Waals surface area contributed by atoms with E-state index in [1.807, 2.05) is 6.07 Å². The van der Waals surface area contributed by atoms with E-state index >= 15 is 0 Å². The SMILES string of the molecule is CCc1ccc(C2CC(=O)c3ccc(F)cc3O2)s1. The van der Waals surface area contributed by atoms with Crippen molar-refractivity contribution in [2.24, 2.45) is 0 Å². The number of ether oxygens (including phenoxy) is 1. The number of Topliss-reactive ketones (excluding diaryl/α,β-unsaturated/α-hetero) is 1. The van der Waals surface area contributed by atoms with E-state index in [-0.39, 0.29) is 17.7 Å². The van der Waals surface area contributed by atoms with Crippen molar-refractivity contribution in [1.29, 1.82) is 0 Å². The quantitative estimate of drug-likeness (QED) is 0.823. The Morgan fingerprint density at radius 2 is 2.21 bits per heavy atom. The molecule has 1 aromatic carbocycles. The zero-order valence-corrected chi connectivity index (χ0v) is 11.3. The van der Waals surface area contributed by atoms with Crippen LogP contribution in [0.3, 0.4) is 0 Å². The van der Waals surface area contributed by atoms with Crippen molar-refractivity contribution in [1.82, 2.24) is 0 Å². The molecule has 3 rings (SSSR count). The van der Waals surface area contributed by atoms with E-state index < -0.39 is 0 Å². The summed E-state index contributed by atoms with van der Waals surface area (Å²) in [4.78, 5) is 14.3. The van der Waals surface area contributed by atoms with Crippen LogP contribution in [0.5, 0.6) is 5.75 Å². The number of carbonyl (C=O) groups is 1. The average molecular weight is 276 g/mol. The lowest BCUT2D eigenvalue weighted by Crippen LogP contribution is -2.19. The Balaban J connectivity index is 1.93. The number of aryl methyl sites for hydroxylation is 1. The van der Waals surface area contributed by atoms with Gasteiger partial charge in [0.05, 0.1) is 12.0 Å². The van der Waals surface area contributed by atoms with Gasteiger partial charge in [0.1, 0.15) is 17.7 Å². The standard InChI is InChI=1S/C15H13FO2S/c1-2-10-4-6-15(19-10)14-8-12(17)11-5-3-9(16)7-13(11)18-14/h3-7,14H,2,8H2,1H3. The van der Waals surface area contributed by atoms with Crippen LogP contribution in [-0.4, -0.2) is 5.78 Å². The summed E-state index contributed by atoms with van der Waals surface area (Å²) in [6, 6.07) is 8.12.